The van der Waals surface area contributed by atoms with E-state index in [2.05, 4.69) is 12.2 Å². The Bertz CT molecular complexity index is 325. The van der Waals surface area contributed by atoms with E-state index in [0.717, 1.165) is 19.3 Å². The van der Waals surface area contributed by atoms with Crippen molar-refractivity contribution in [2.45, 2.75) is 57.9 Å². The van der Waals surface area contributed by atoms with Gasteiger partial charge in [0, 0.05) is 6.04 Å². The number of carbonyl (C=O) groups excluding carboxylic acids is 1. The van der Waals surface area contributed by atoms with Crippen LogP contribution in [0.3, 0.4) is 0 Å². The van der Waals surface area contributed by atoms with Crippen LogP contribution in [0, 0.1) is 11.3 Å². The summed E-state index contributed by atoms with van der Waals surface area (Å²) in [4.78, 5) is 12.6. The van der Waals surface area contributed by atoms with Crippen molar-refractivity contribution in [3.8, 4) is 0 Å². The first-order chi connectivity index (χ1) is 8.06. The molecule has 17 heavy (non-hydrogen) atoms. The van der Waals surface area contributed by atoms with Crippen molar-refractivity contribution in [3.63, 3.8) is 0 Å². The molecule has 2 atom stereocenters. The first kappa shape index (κ1) is 12.8. The van der Waals surface area contributed by atoms with E-state index < -0.39 is 5.41 Å². The lowest BCUT2D eigenvalue weighted by Crippen LogP contribution is -2.46. The molecule has 0 bridgehead atoms. The van der Waals surface area contributed by atoms with Gasteiger partial charge in [-0.25, -0.2) is 0 Å². The standard InChI is InChI=1S/C13H22N2OS/c1-9-5-3-2-4-6-10(9)15-12(16)13(7-8-13)11(14)17/h9-10H,2-8H2,1H3,(H2,14,17)(H,15,16). The number of nitrogens with two attached hydrogens (primary N) is 1. The summed E-state index contributed by atoms with van der Waals surface area (Å²) < 4.78 is 0. The Morgan fingerprint density at radius 2 is 1.94 bits per heavy atom. The summed E-state index contributed by atoms with van der Waals surface area (Å²) in [6, 6.07) is 0.317. The van der Waals surface area contributed by atoms with E-state index in [1.54, 1.807) is 0 Å². The van der Waals surface area contributed by atoms with Crippen molar-refractivity contribution in [3.05, 3.63) is 0 Å². The molecule has 3 nitrogen and oxygen atoms in total. The average molecular weight is 254 g/mol. The van der Waals surface area contributed by atoms with Crippen LogP contribution >= 0.6 is 12.2 Å². The first-order valence-electron chi connectivity index (χ1n) is 6.67. The second-order valence-electron chi connectivity index (χ2n) is 5.64. The predicted octanol–water partition coefficient (Wildman–Crippen LogP) is 2.14. The molecule has 0 aromatic rings. The quantitative estimate of drug-likeness (QED) is 0.599. The topological polar surface area (TPSA) is 55.1 Å². The smallest absolute Gasteiger partial charge is 0.233 e. The van der Waals surface area contributed by atoms with Crippen molar-refractivity contribution in [1.82, 2.24) is 5.32 Å². The van der Waals surface area contributed by atoms with Gasteiger partial charge in [-0.05, 0) is 31.6 Å². The molecule has 0 aromatic heterocycles. The highest BCUT2D eigenvalue weighted by Gasteiger charge is 2.53. The largest absolute Gasteiger partial charge is 0.392 e. The van der Waals surface area contributed by atoms with Crippen LogP contribution in [-0.2, 0) is 4.79 Å². The number of amides is 1. The molecule has 2 aliphatic rings. The molecule has 0 spiro atoms. The minimum Gasteiger partial charge on any atom is -0.392 e. The maximum Gasteiger partial charge on any atom is 0.233 e. The number of hydrogen-bond donors (Lipinski definition) is 2. The van der Waals surface area contributed by atoms with E-state index in [1.807, 2.05) is 0 Å². The second-order valence-corrected chi connectivity index (χ2v) is 6.08. The highest BCUT2D eigenvalue weighted by Crippen LogP contribution is 2.46. The molecule has 2 aliphatic carbocycles. The minimum absolute atomic E-state index is 0.0729. The number of nitrogens with one attached hydrogen (secondary N) is 1. The summed E-state index contributed by atoms with van der Waals surface area (Å²) in [5.74, 6) is 0.646. The van der Waals surface area contributed by atoms with Gasteiger partial charge in [0.2, 0.25) is 5.91 Å². The predicted molar refractivity (Wildman–Crippen MR) is 72.6 cm³/mol. The number of hydrogen-bond acceptors (Lipinski definition) is 2. The zero-order valence-corrected chi connectivity index (χ0v) is 11.3. The molecule has 2 rings (SSSR count). The van der Waals surface area contributed by atoms with Gasteiger partial charge in [-0.1, -0.05) is 38.4 Å². The molecule has 2 unspecified atom stereocenters. The molecule has 4 heteroatoms. The monoisotopic (exact) mass is 254 g/mol. The fourth-order valence-corrected chi connectivity index (χ4v) is 3.02. The van der Waals surface area contributed by atoms with E-state index in [0.29, 0.717) is 16.9 Å². The Morgan fingerprint density at radius 1 is 1.29 bits per heavy atom. The highest BCUT2D eigenvalue weighted by atomic mass is 32.1. The van der Waals surface area contributed by atoms with Crippen LogP contribution in [0.5, 0.6) is 0 Å². The average Bonchev–Trinajstić information content (AvgIpc) is 3.06. The normalized spacial score (nSPS) is 31.4. The Balaban J connectivity index is 1.95. The molecule has 2 fully saturated rings. The number of thiocarbonyl (C=S) groups is 1. The second kappa shape index (κ2) is 4.92. The van der Waals surface area contributed by atoms with Crippen LogP contribution < -0.4 is 11.1 Å². The fourth-order valence-electron chi connectivity index (χ4n) is 2.72. The first-order valence-corrected chi connectivity index (χ1v) is 7.08. The molecule has 0 heterocycles. The van der Waals surface area contributed by atoms with Crippen LogP contribution in [0.4, 0.5) is 0 Å². The summed E-state index contributed by atoms with van der Waals surface area (Å²) in [6.07, 6.45) is 7.76. The van der Waals surface area contributed by atoms with Crippen molar-refractivity contribution in [2.24, 2.45) is 17.1 Å². The number of carbonyl (C=O) groups is 1. The Hall–Kier alpha value is -0.640. The Kier molecular flexibility index (Phi) is 3.71. The summed E-state index contributed by atoms with van der Waals surface area (Å²) >= 11 is 5.01. The molecule has 3 N–H and O–H groups in total. The molecule has 96 valence electrons. The van der Waals surface area contributed by atoms with Gasteiger partial charge in [0.05, 0.1) is 10.4 Å². The Morgan fingerprint density at radius 3 is 2.53 bits per heavy atom. The zero-order chi connectivity index (χ0) is 12.5. The molecular weight excluding hydrogens is 232 g/mol. The lowest BCUT2D eigenvalue weighted by Gasteiger charge is -2.25. The van der Waals surface area contributed by atoms with Gasteiger partial charge in [0.25, 0.3) is 0 Å². The van der Waals surface area contributed by atoms with Crippen LogP contribution in [0.15, 0.2) is 0 Å². The highest BCUT2D eigenvalue weighted by molar-refractivity contribution is 7.80. The van der Waals surface area contributed by atoms with E-state index in [-0.39, 0.29) is 5.91 Å². The Labute approximate surface area is 109 Å². The fraction of sp³-hybridized carbons (Fsp3) is 0.846. The lowest BCUT2D eigenvalue weighted by atomic mass is 9.95. The van der Waals surface area contributed by atoms with E-state index in [4.69, 9.17) is 18.0 Å². The molecule has 0 aromatic carbocycles. The lowest BCUT2D eigenvalue weighted by molar-refractivity contribution is -0.125. The number of rotatable bonds is 3. The van der Waals surface area contributed by atoms with E-state index in [1.165, 1.54) is 25.7 Å². The minimum atomic E-state index is -0.499. The molecular formula is C13H22N2OS. The van der Waals surface area contributed by atoms with E-state index in [9.17, 15) is 4.79 Å². The van der Waals surface area contributed by atoms with Crippen LogP contribution in [0.1, 0.15) is 51.9 Å². The van der Waals surface area contributed by atoms with E-state index >= 15 is 0 Å². The maximum atomic E-state index is 12.2. The molecule has 1 amide bonds. The van der Waals surface area contributed by atoms with Gasteiger partial charge in [0.15, 0.2) is 0 Å². The van der Waals surface area contributed by atoms with Crippen LogP contribution in [-0.4, -0.2) is 16.9 Å². The van der Waals surface area contributed by atoms with Gasteiger partial charge >= 0.3 is 0 Å². The summed E-state index contributed by atoms with van der Waals surface area (Å²) in [6.45, 7) is 2.23. The summed E-state index contributed by atoms with van der Waals surface area (Å²) in [5.41, 5.74) is 5.18. The van der Waals surface area contributed by atoms with Crippen LogP contribution in [0.2, 0.25) is 0 Å². The molecule has 0 radical (unpaired) electrons. The molecule has 2 saturated carbocycles. The van der Waals surface area contributed by atoms with Crippen molar-refractivity contribution >= 4 is 23.1 Å². The summed E-state index contributed by atoms with van der Waals surface area (Å²) in [7, 11) is 0. The molecule has 0 aliphatic heterocycles. The van der Waals surface area contributed by atoms with Crippen molar-refractivity contribution < 1.29 is 4.79 Å². The van der Waals surface area contributed by atoms with Crippen molar-refractivity contribution in [2.75, 3.05) is 0 Å². The SMILES string of the molecule is CC1CCCCCC1NC(=O)C1(C(N)=S)CC1. The summed E-state index contributed by atoms with van der Waals surface area (Å²) in [5, 5.41) is 3.19. The van der Waals surface area contributed by atoms with Crippen LogP contribution in [0.25, 0.3) is 0 Å². The third kappa shape index (κ3) is 2.62. The zero-order valence-electron chi connectivity index (χ0n) is 10.5. The van der Waals surface area contributed by atoms with Gasteiger partial charge in [-0.15, -0.1) is 0 Å². The van der Waals surface area contributed by atoms with Gasteiger partial charge in [0.1, 0.15) is 0 Å². The van der Waals surface area contributed by atoms with Gasteiger partial charge < -0.3 is 11.1 Å². The maximum absolute atomic E-state index is 12.2. The van der Waals surface area contributed by atoms with Gasteiger partial charge in [-0.3, -0.25) is 4.79 Å². The van der Waals surface area contributed by atoms with Gasteiger partial charge in [-0.2, -0.15) is 0 Å². The van der Waals surface area contributed by atoms with Crippen molar-refractivity contribution in [1.29, 1.82) is 0 Å². The molecule has 0 saturated heterocycles. The third-order valence-corrected chi connectivity index (χ3v) is 4.73. The third-order valence-electron chi connectivity index (χ3n) is 4.33.